The van der Waals surface area contributed by atoms with Crippen LogP contribution in [0.5, 0.6) is 17.2 Å². The van der Waals surface area contributed by atoms with E-state index in [0.29, 0.717) is 32.7 Å². The third kappa shape index (κ3) is 5.27. The molecule has 15 nitrogen and oxygen atoms in total. The summed E-state index contributed by atoms with van der Waals surface area (Å²) in [6.07, 6.45) is -2.40. The maximum Gasteiger partial charge on any atom is 0.255 e. The van der Waals surface area contributed by atoms with Crippen molar-refractivity contribution in [2.45, 2.75) is 87.8 Å². The van der Waals surface area contributed by atoms with Gasteiger partial charge >= 0.3 is 0 Å². The number of morpholine rings is 1. The number of benzene rings is 2. The summed E-state index contributed by atoms with van der Waals surface area (Å²) in [5.74, 6) is -2.90. The lowest BCUT2D eigenvalue weighted by atomic mass is 9.69. The summed E-state index contributed by atoms with van der Waals surface area (Å²) in [6.45, 7) is 5.63. The summed E-state index contributed by atoms with van der Waals surface area (Å²) in [4.78, 5) is 46.2. The van der Waals surface area contributed by atoms with Crippen molar-refractivity contribution in [3.8, 4) is 17.2 Å². The van der Waals surface area contributed by atoms with Crippen LogP contribution in [0.1, 0.15) is 81.7 Å². The number of rotatable bonds is 5. The SMILES string of the molecule is COc1cccc2c1C(=O)c1c(O)c3c(c(O)c1C2=O)C[C@@](O)(C(=O)N1CC2(CCNCC2)C1)C[C@@H]3O[C@H]1C[C@H]2[C@H](O[C@@H]3[C@@H](OC)OCCN32)[C@H](C)O1. The molecule has 0 unspecified atom stereocenters. The number of nitrogens with zero attached hydrogens (tertiary/aromatic N) is 2. The minimum Gasteiger partial charge on any atom is -0.507 e. The number of aromatic hydroxyl groups is 2. The molecule has 0 saturated carbocycles. The molecule has 4 N–H and O–H groups in total. The van der Waals surface area contributed by atoms with Crippen LogP contribution in [0.4, 0.5) is 0 Å². The van der Waals surface area contributed by atoms with Crippen molar-refractivity contribution in [2.75, 3.05) is 53.6 Å². The number of piperidine rings is 1. The first-order valence-electron chi connectivity index (χ1n) is 18.4. The normalized spacial score (nSPS) is 34.4. The average molecular weight is 736 g/mol. The molecule has 53 heavy (non-hydrogen) atoms. The Kier molecular flexibility index (Phi) is 8.40. The Morgan fingerprint density at radius 2 is 1.77 bits per heavy atom. The summed E-state index contributed by atoms with van der Waals surface area (Å²) < 4.78 is 36.1. The largest absolute Gasteiger partial charge is 0.507 e. The summed E-state index contributed by atoms with van der Waals surface area (Å²) in [5, 5.41) is 39.7. The number of hydrogen-bond acceptors (Lipinski definition) is 14. The van der Waals surface area contributed by atoms with Crippen LogP contribution in [0, 0.1) is 5.41 Å². The second-order valence-corrected chi connectivity index (χ2v) is 15.6. The van der Waals surface area contributed by atoms with Crippen LogP contribution in [0.2, 0.25) is 0 Å². The Morgan fingerprint density at radius 3 is 2.51 bits per heavy atom. The van der Waals surface area contributed by atoms with Gasteiger partial charge in [0.25, 0.3) is 5.91 Å². The van der Waals surface area contributed by atoms with Crippen LogP contribution in [0.15, 0.2) is 18.2 Å². The van der Waals surface area contributed by atoms with Gasteiger partial charge < -0.3 is 54.0 Å². The second kappa shape index (κ2) is 12.7. The molecule has 2 aromatic carbocycles. The van der Waals surface area contributed by atoms with Crippen LogP contribution >= 0.6 is 0 Å². The third-order valence-corrected chi connectivity index (χ3v) is 12.6. The molecule has 15 heteroatoms. The van der Waals surface area contributed by atoms with E-state index in [0.717, 1.165) is 25.9 Å². The highest BCUT2D eigenvalue weighted by atomic mass is 16.7. The van der Waals surface area contributed by atoms with Gasteiger partial charge in [-0.1, -0.05) is 12.1 Å². The minimum absolute atomic E-state index is 0.00833. The van der Waals surface area contributed by atoms with Gasteiger partial charge in [0.05, 0.1) is 42.6 Å². The first-order chi connectivity index (χ1) is 25.5. The molecular weight excluding hydrogens is 690 g/mol. The van der Waals surface area contributed by atoms with E-state index in [1.54, 1.807) is 24.1 Å². The van der Waals surface area contributed by atoms with Crippen molar-refractivity contribution >= 4 is 17.5 Å². The van der Waals surface area contributed by atoms with E-state index in [4.69, 9.17) is 28.4 Å². The molecule has 0 aromatic heterocycles. The molecule has 5 heterocycles. The average Bonchev–Trinajstić information content (AvgIpc) is 3.53. The number of ketones is 2. The molecule has 8 atom stereocenters. The Hall–Kier alpha value is -3.67. The van der Waals surface area contributed by atoms with Gasteiger partial charge in [0.2, 0.25) is 5.78 Å². The van der Waals surface area contributed by atoms with E-state index in [1.807, 2.05) is 6.92 Å². The molecule has 5 saturated heterocycles. The molecule has 2 aromatic rings. The summed E-state index contributed by atoms with van der Waals surface area (Å²) >= 11 is 0. The third-order valence-electron chi connectivity index (χ3n) is 12.6. The van der Waals surface area contributed by atoms with E-state index in [9.17, 15) is 29.7 Å². The van der Waals surface area contributed by atoms with Crippen LogP contribution in [0.25, 0.3) is 0 Å². The summed E-state index contributed by atoms with van der Waals surface area (Å²) in [5.41, 5.74) is -2.86. The molecule has 1 amide bonds. The Balaban J connectivity index is 1.09. The molecule has 0 bridgehead atoms. The van der Waals surface area contributed by atoms with E-state index in [2.05, 4.69) is 10.2 Å². The Morgan fingerprint density at radius 1 is 1.02 bits per heavy atom. The van der Waals surface area contributed by atoms with Crippen LogP contribution in [0.3, 0.4) is 0 Å². The van der Waals surface area contributed by atoms with E-state index in [-0.39, 0.29) is 63.1 Å². The number of ether oxygens (including phenoxy) is 6. The van der Waals surface area contributed by atoms with E-state index < -0.39 is 72.0 Å². The number of likely N-dealkylation sites (tertiary alicyclic amines) is 1. The molecular formula is C38H45N3O12. The number of fused-ring (bicyclic) bond motifs is 6. The number of methoxy groups -OCH3 is 2. The van der Waals surface area contributed by atoms with Gasteiger partial charge in [0.15, 0.2) is 24.6 Å². The summed E-state index contributed by atoms with van der Waals surface area (Å²) in [6, 6.07) is 4.42. The zero-order chi connectivity index (χ0) is 37.0. The zero-order valence-corrected chi connectivity index (χ0v) is 30.0. The fourth-order valence-corrected chi connectivity index (χ4v) is 9.97. The second-order valence-electron chi connectivity index (χ2n) is 15.6. The van der Waals surface area contributed by atoms with Crippen LogP contribution in [-0.2, 0) is 34.9 Å². The maximum atomic E-state index is 14.3. The molecule has 1 spiro atoms. The standard InChI is InChI=1S/C38H45N3O12/c1-18-33-21(41-11-12-50-35(49-3)34(41)53-33)13-24(51-18)52-23-15-38(47,36(46)40-16-37(17-40)7-9-39-10-8-37)14-20-26(23)32(45)28-27(30(20)43)29(42)19-5-4-6-22(48-2)25(19)31(28)44/h4-6,18,21,23-24,33-35,39,43,45,47H,7-17H2,1-3H3/t18-,21-,23-,24-,33+,34+,35-,38-/m0/s1. The smallest absolute Gasteiger partial charge is 0.255 e. The van der Waals surface area contributed by atoms with Gasteiger partial charge in [-0.15, -0.1) is 0 Å². The molecule has 7 aliphatic rings. The van der Waals surface area contributed by atoms with Gasteiger partial charge in [-0.25, -0.2) is 0 Å². The molecule has 5 aliphatic heterocycles. The van der Waals surface area contributed by atoms with Gasteiger partial charge in [-0.3, -0.25) is 19.3 Å². The predicted octanol–water partition coefficient (Wildman–Crippen LogP) is 1.36. The number of aliphatic hydroxyl groups is 1. The zero-order valence-electron chi connectivity index (χ0n) is 30.0. The van der Waals surface area contributed by atoms with E-state index in [1.165, 1.54) is 13.2 Å². The lowest BCUT2D eigenvalue weighted by molar-refractivity contribution is -0.256. The maximum absolute atomic E-state index is 14.3. The lowest BCUT2D eigenvalue weighted by Crippen LogP contribution is -2.66. The number of amides is 1. The van der Waals surface area contributed by atoms with Crippen molar-refractivity contribution in [3.63, 3.8) is 0 Å². The first kappa shape index (κ1) is 35.1. The van der Waals surface area contributed by atoms with Crippen molar-refractivity contribution in [1.29, 1.82) is 0 Å². The van der Waals surface area contributed by atoms with E-state index >= 15 is 0 Å². The highest BCUT2D eigenvalue weighted by Crippen LogP contribution is 2.54. The van der Waals surface area contributed by atoms with Crippen molar-refractivity contribution < 1.29 is 58.1 Å². The molecule has 0 radical (unpaired) electrons. The van der Waals surface area contributed by atoms with Crippen molar-refractivity contribution in [3.05, 3.63) is 51.6 Å². The van der Waals surface area contributed by atoms with Gasteiger partial charge in [0, 0.05) is 74.2 Å². The topological polar surface area (TPSA) is 186 Å². The van der Waals surface area contributed by atoms with Crippen molar-refractivity contribution in [2.24, 2.45) is 5.41 Å². The highest BCUT2D eigenvalue weighted by Gasteiger charge is 2.57. The molecule has 2 aliphatic carbocycles. The number of phenolic OH excluding ortho intramolecular Hbond substituents is 2. The van der Waals surface area contributed by atoms with Crippen LogP contribution in [-0.4, -0.2) is 139 Å². The predicted molar refractivity (Wildman–Crippen MR) is 183 cm³/mol. The minimum atomic E-state index is -2.06. The lowest BCUT2D eigenvalue weighted by Gasteiger charge is -2.54. The fraction of sp³-hybridized carbons (Fsp3) is 0.605. The van der Waals surface area contributed by atoms with Gasteiger partial charge in [0.1, 0.15) is 29.0 Å². The number of phenols is 2. The first-order valence-corrected chi connectivity index (χ1v) is 18.4. The van der Waals surface area contributed by atoms with Crippen LogP contribution < -0.4 is 10.1 Å². The van der Waals surface area contributed by atoms with Gasteiger partial charge in [-0.05, 0) is 38.9 Å². The Bertz CT molecular complexity index is 1870. The number of carbonyl (C=O) groups excluding carboxylic acids is 3. The highest BCUT2D eigenvalue weighted by molar-refractivity contribution is 6.31. The monoisotopic (exact) mass is 735 g/mol. The fourth-order valence-electron chi connectivity index (χ4n) is 9.97. The summed E-state index contributed by atoms with van der Waals surface area (Å²) in [7, 11) is 2.94. The molecule has 5 fully saturated rings. The number of nitrogens with one attached hydrogen (secondary N) is 1. The quantitative estimate of drug-likeness (QED) is 0.275. The van der Waals surface area contributed by atoms with Crippen molar-refractivity contribution in [1.82, 2.24) is 15.1 Å². The molecule has 9 rings (SSSR count). The Labute approximate surface area is 306 Å². The number of hydrogen-bond donors (Lipinski definition) is 4. The van der Waals surface area contributed by atoms with Gasteiger partial charge in [-0.2, -0.15) is 0 Å². The number of carbonyl (C=O) groups is 3. The molecule has 284 valence electrons.